The number of hydrogen-bond donors (Lipinski definition) is 0. The number of hydrogen-bond acceptors (Lipinski definition) is 2. The Kier molecular flexibility index (Phi) is 7.92. The van der Waals surface area contributed by atoms with E-state index in [4.69, 9.17) is 4.74 Å². The Hall–Kier alpha value is -1.57. The molecule has 1 unspecified atom stereocenters. The Balaban J connectivity index is 1.60. The predicted molar refractivity (Wildman–Crippen MR) is 95.5 cm³/mol. The van der Waals surface area contributed by atoms with Crippen LogP contribution in [0.3, 0.4) is 0 Å². The summed E-state index contributed by atoms with van der Waals surface area (Å²) in [4.78, 5) is 11.8. The quantitative estimate of drug-likeness (QED) is 0.239. The van der Waals surface area contributed by atoms with Crippen molar-refractivity contribution in [2.24, 2.45) is 5.92 Å². The molecule has 0 radical (unpaired) electrons. The van der Waals surface area contributed by atoms with Crippen molar-refractivity contribution in [2.45, 2.75) is 71.1 Å². The van der Waals surface area contributed by atoms with Crippen molar-refractivity contribution < 1.29 is 9.53 Å². The molecule has 2 nitrogen and oxygen atoms in total. The molecule has 0 heterocycles. The van der Waals surface area contributed by atoms with Gasteiger partial charge in [-0.25, -0.2) is 0 Å². The van der Waals surface area contributed by atoms with Gasteiger partial charge in [-0.1, -0.05) is 62.5 Å². The number of para-hydroxylation sites is 1. The monoisotopic (exact) mass is 314 g/mol. The van der Waals surface area contributed by atoms with Crippen LogP contribution in [0.15, 0.2) is 42.0 Å². The molecule has 126 valence electrons. The standard InChI is InChI=1S/C21H30O2/c1-2-3-5-9-18-14-16-19(17-15-18)10-8-13-21(22)23-20-11-6-4-7-12-20/h4,6-7,11-12,16,18H,2-3,5,8-10,13-15,17H2,1H3. The maximum Gasteiger partial charge on any atom is 0.311 e. The number of benzene rings is 1. The molecule has 1 aliphatic rings. The zero-order valence-electron chi connectivity index (χ0n) is 14.4. The van der Waals surface area contributed by atoms with Gasteiger partial charge < -0.3 is 4.74 Å². The summed E-state index contributed by atoms with van der Waals surface area (Å²) in [5, 5.41) is 0. The zero-order valence-corrected chi connectivity index (χ0v) is 14.4. The van der Waals surface area contributed by atoms with Gasteiger partial charge in [-0.15, -0.1) is 0 Å². The fraction of sp³-hybridized carbons (Fsp3) is 0.571. The molecule has 0 saturated carbocycles. The van der Waals surface area contributed by atoms with Crippen molar-refractivity contribution in [1.82, 2.24) is 0 Å². The molecule has 0 amide bonds. The van der Waals surface area contributed by atoms with Crippen LogP contribution in [0, 0.1) is 5.92 Å². The largest absolute Gasteiger partial charge is 0.427 e. The van der Waals surface area contributed by atoms with Crippen LogP contribution in [-0.4, -0.2) is 5.97 Å². The van der Waals surface area contributed by atoms with E-state index in [1.807, 2.05) is 30.3 Å². The third-order valence-electron chi connectivity index (χ3n) is 4.68. The minimum Gasteiger partial charge on any atom is -0.427 e. The molecule has 1 atom stereocenters. The van der Waals surface area contributed by atoms with Gasteiger partial charge in [-0.2, -0.15) is 0 Å². The van der Waals surface area contributed by atoms with Crippen LogP contribution in [0.1, 0.15) is 71.1 Å². The number of allylic oxidation sites excluding steroid dienone is 2. The number of ether oxygens (including phenoxy) is 1. The van der Waals surface area contributed by atoms with Gasteiger partial charge in [0.05, 0.1) is 0 Å². The first-order valence-corrected chi connectivity index (χ1v) is 9.21. The third-order valence-corrected chi connectivity index (χ3v) is 4.68. The van der Waals surface area contributed by atoms with Crippen LogP contribution >= 0.6 is 0 Å². The van der Waals surface area contributed by atoms with Crippen molar-refractivity contribution in [3.8, 4) is 5.75 Å². The second kappa shape index (κ2) is 10.3. The first kappa shape index (κ1) is 17.8. The number of unbranched alkanes of at least 4 members (excludes halogenated alkanes) is 2. The molecule has 0 N–H and O–H groups in total. The van der Waals surface area contributed by atoms with Gasteiger partial charge in [-0.05, 0) is 50.2 Å². The molecule has 23 heavy (non-hydrogen) atoms. The van der Waals surface area contributed by atoms with Gasteiger partial charge in [0.25, 0.3) is 0 Å². The second-order valence-electron chi connectivity index (χ2n) is 6.64. The Morgan fingerprint density at radius 1 is 1.17 bits per heavy atom. The van der Waals surface area contributed by atoms with E-state index in [-0.39, 0.29) is 5.97 Å². The topological polar surface area (TPSA) is 26.3 Å². The van der Waals surface area contributed by atoms with E-state index in [1.165, 1.54) is 44.9 Å². The molecule has 0 bridgehead atoms. The smallest absolute Gasteiger partial charge is 0.311 e. The summed E-state index contributed by atoms with van der Waals surface area (Å²) in [6.07, 6.45) is 14.2. The highest BCUT2D eigenvalue weighted by Crippen LogP contribution is 2.30. The summed E-state index contributed by atoms with van der Waals surface area (Å²) >= 11 is 0. The molecule has 2 rings (SSSR count). The number of carbonyl (C=O) groups is 1. The van der Waals surface area contributed by atoms with Crippen LogP contribution in [-0.2, 0) is 4.79 Å². The second-order valence-corrected chi connectivity index (χ2v) is 6.64. The van der Waals surface area contributed by atoms with E-state index < -0.39 is 0 Å². The molecule has 0 spiro atoms. The van der Waals surface area contributed by atoms with E-state index >= 15 is 0 Å². The molecule has 0 aromatic heterocycles. The summed E-state index contributed by atoms with van der Waals surface area (Å²) in [6, 6.07) is 9.32. The number of rotatable bonds is 9. The van der Waals surface area contributed by atoms with Crippen molar-refractivity contribution in [3.05, 3.63) is 42.0 Å². The average Bonchev–Trinajstić information content (AvgIpc) is 2.57. The highest BCUT2D eigenvalue weighted by Gasteiger charge is 2.14. The van der Waals surface area contributed by atoms with Crippen molar-refractivity contribution >= 4 is 5.97 Å². The Labute approximate surface area is 140 Å². The van der Waals surface area contributed by atoms with Crippen molar-refractivity contribution in [3.63, 3.8) is 0 Å². The summed E-state index contributed by atoms with van der Waals surface area (Å²) in [7, 11) is 0. The maximum absolute atomic E-state index is 11.8. The Morgan fingerprint density at radius 2 is 2.00 bits per heavy atom. The minimum absolute atomic E-state index is 0.120. The lowest BCUT2D eigenvalue weighted by atomic mass is 9.84. The molecule has 0 saturated heterocycles. The van der Waals surface area contributed by atoms with Gasteiger partial charge in [0.15, 0.2) is 0 Å². The molecular weight excluding hydrogens is 284 g/mol. The van der Waals surface area contributed by atoms with Crippen LogP contribution < -0.4 is 4.74 Å². The normalized spacial score (nSPS) is 17.6. The molecule has 0 aliphatic heterocycles. The van der Waals surface area contributed by atoms with E-state index in [9.17, 15) is 4.79 Å². The minimum atomic E-state index is -0.120. The Morgan fingerprint density at radius 3 is 2.70 bits per heavy atom. The van der Waals surface area contributed by atoms with Crippen LogP contribution in [0.5, 0.6) is 5.75 Å². The first-order valence-electron chi connectivity index (χ1n) is 9.21. The summed E-state index contributed by atoms with van der Waals surface area (Å²) in [6.45, 7) is 2.27. The average molecular weight is 314 g/mol. The van der Waals surface area contributed by atoms with Gasteiger partial charge in [-0.3, -0.25) is 4.79 Å². The summed E-state index contributed by atoms with van der Waals surface area (Å²) in [5.41, 5.74) is 1.55. The lowest BCUT2D eigenvalue weighted by molar-refractivity contribution is -0.134. The van der Waals surface area contributed by atoms with E-state index in [1.54, 1.807) is 5.57 Å². The summed E-state index contributed by atoms with van der Waals surface area (Å²) in [5.74, 6) is 1.42. The van der Waals surface area contributed by atoms with Crippen molar-refractivity contribution in [2.75, 3.05) is 0 Å². The predicted octanol–water partition coefficient (Wildman–Crippen LogP) is 6.07. The van der Waals surface area contributed by atoms with Crippen LogP contribution in [0.4, 0.5) is 0 Å². The lowest BCUT2D eigenvalue weighted by Gasteiger charge is -2.21. The molecule has 0 fully saturated rings. The van der Waals surface area contributed by atoms with E-state index in [0.717, 1.165) is 18.8 Å². The zero-order chi connectivity index (χ0) is 16.3. The molecule has 1 aromatic rings. The molecule has 2 heteroatoms. The maximum atomic E-state index is 11.8. The van der Waals surface area contributed by atoms with Gasteiger partial charge in [0, 0.05) is 6.42 Å². The molecule has 1 aromatic carbocycles. The highest BCUT2D eigenvalue weighted by atomic mass is 16.5. The van der Waals surface area contributed by atoms with Crippen LogP contribution in [0.25, 0.3) is 0 Å². The van der Waals surface area contributed by atoms with Crippen LogP contribution in [0.2, 0.25) is 0 Å². The number of carbonyl (C=O) groups excluding carboxylic acids is 1. The molecular formula is C21H30O2. The van der Waals surface area contributed by atoms with Gasteiger partial charge in [0.2, 0.25) is 0 Å². The SMILES string of the molecule is CCCCCC1CC=C(CCCC(=O)Oc2ccccc2)CC1. The number of esters is 1. The van der Waals surface area contributed by atoms with Gasteiger partial charge >= 0.3 is 5.97 Å². The van der Waals surface area contributed by atoms with Crippen molar-refractivity contribution in [1.29, 1.82) is 0 Å². The van der Waals surface area contributed by atoms with Gasteiger partial charge in [0.1, 0.15) is 5.75 Å². The third kappa shape index (κ3) is 7.02. The lowest BCUT2D eigenvalue weighted by Crippen LogP contribution is -2.09. The first-order chi connectivity index (χ1) is 11.3. The Bertz CT molecular complexity index is 490. The summed E-state index contributed by atoms with van der Waals surface area (Å²) < 4.78 is 5.32. The fourth-order valence-electron chi connectivity index (χ4n) is 3.25. The fourth-order valence-corrected chi connectivity index (χ4v) is 3.25. The van der Waals surface area contributed by atoms with E-state index in [0.29, 0.717) is 12.2 Å². The molecule has 1 aliphatic carbocycles. The highest BCUT2D eigenvalue weighted by molar-refractivity contribution is 5.72. The van der Waals surface area contributed by atoms with E-state index in [2.05, 4.69) is 13.0 Å².